The first kappa shape index (κ1) is 13.1. The topological polar surface area (TPSA) is 24.1 Å². The van der Waals surface area contributed by atoms with E-state index in [9.17, 15) is 0 Å². The lowest BCUT2D eigenvalue weighted by atomic mass is 9.89. The molecule has 0 radical (unpaired) electrons. The summed E-state index contributed by atoms with van der Waals surface area (Å²) in [5.41, 5.74) is 4.65. The Kier molecular flexibility index (Phi) is 4.19. The summed E-state index contributed by atoms with van der Waals surface area (Å²) < 4.78 is 0. The molecular weight excluding hydrogens is 232 g/mol. The molecule has 2 atom stereocenters. The number of benzene rings is 1. The summed E-state index contributed by atoms with van der Waals surface area (Å²) in [7, 11) is 0. The summed E-state index contributed by atoms with van der Waals surface area (Å²) in [6.45, 7) is 4.61. The van der Waals surface area contributed by atoms with Gasteiger partial charge in [-0.05, 0) is 68.7 Å². The third kappa shape index (κ3) is 3.18. The van der Waals surface area contributed by atoms with Gasteiger partial charge in [-0.2, -0.15) is 0 Å². The first-order chi connectivity index (χ1) is 9.33. The molecule has 1 aliphatic heterocycles. The third-order valence-corrected chi connectivity index (χ3v) is 4.66. The zero-order chi connectivity index (χ0) is 13.1. The Labute approximate surface area is 117 Å². The van der Waals surface area contributed by atoms with Crippen LogP contribution in [-0.4, -0.2) is 19.1 Å². The normalized spacial score (nSPS) is 24.8. The van der Waals surface area contributed by atoms with E-state index in [0.29, 0.717) is 12.1 Å². The Hall–Kier alpha value is -0.860. The molecule has 1 heterocycles. The number of piperidine rings is 1. The predicted molar refractivity (Wildman–Crippen MR) is 80.5 cm³/mol. The summed E-state index contributed by atoms with van der Waals surface area (Å²) in [5, 5.41) is 7.26. The van der Waals surface area contributed by atoms with Gasteiger partial charge in [0.15, 0.2) is 0 Å². The van der Waals surface area contributed by atoms with Crippen LogP contribution in [0.4, 0.5) is 0 Å². The summed E-state index contributed by atoms with van der Waals surface area (Å²) in [6.07, 6.45) is 7.90. The van der Waals surface area contributed by atoms with Gasteiger partial charge in [-0.3, -0.25) is 0 Å². The Bertz CT molecular complexity index is 421. The van der Waals surface area contributed by atoms with Gasteiger partial charge in [-0.25, -0.2) is 0 Å². The number of fused-ring (bicyclic) bond motifs is 1. The molecule has 1 aromatic carbocycles. The molecule has 104 valence electrons. The minimum atomic E-state index is 0.470. The Balaban J connectivity index is 1.67. The fourth-order valence-corrected chi connectivity index (χ4v) is 3.47. The first-order valence-corrected chi connectivity index (χ1v) is 7.91. The molecule has 2 aliphatic rings. The maximum Gasteiger partial charge on any atom is 0.0294 e. The minimum Gasteiger partial charge on any atom is -0.315 e. The van der Waals surface area contributed by atoms with Crippen LogP contribution in [0.1, 0.15) is 55.3 Å². The van der Waals surface area contributed by atoms with Crippen LogP contribution >= 0.6 is 0 Å². The average molecular weight is 258 g/mol. The highest BCUT2D eigenvalue weighted by Crippen LogP contribution is 2.25. The molecule has 3 rings (SSSR count). The van der Waals surface area contributed by atoms with Crippen LogP contribution in [0.25, 0.3) is 0 Å². The molecule has 1 fully saturated rings. The quantitative estimate of drug-likeness (QED) is 0.871. The van der Waals surface area contributed by atoms with Crippen molar-refractivity contribution >= 4 is 0 Å². The van der Waals surface area contributed by atoms with Gasteiger partial charge in [-0.15, -0.1) is 0 Å². The van der Waals surface area contributed by atoms with E-state index in [4.69, 9.17) is 0 Å². The summed E-state index contributed by atoms with van der Waals surface area (Å²) in [4.78, 5) is 0. The second-order valence-corrected chi connectivity index (χ2v) is 6.17. The van der Waals surface area contributed by atoms with Gasteiger partial charge >= 0.3 is 0 Å². The molecule has 2 nitrogen and oxygen atoms in total. The molecule has 0 amide bonds. The monoisotopic (exact) mass is 258 g/mol. The summed E-state index contributed by atoms with van der Waals surface area (Å²) in [6, 6.07) is 8.25. The molecule has 0 saturated carbocycles. The van der Waals surface area contributed by atoms with E-state index in [1.165, 1.54) is 50.6 Å². The van der Waals surface area contributed by atoms with Gasteiger partial charge in [0.25, 0.3) is 0 Å². The van der Waals surface area contributed by atoms with E-state index >= 15 is 0 Å². The molecule has 2 unspecified atom stereocenters. The molecule has 2 heteroatoms. The van der Waals surface area contributed by atoms with Crippen LogP contribution in [0, 0.1) is 0 Å². The number of rotatable bonds is 3. The van der Waals surface area contributed by atoms with Gasteiger partial charge in [-0.1, -0.05) is 18.2 Å². The minimum absolute atomic E-state index is 0.470. The molecular formula is C17H26N2. The second-order valence-electron chi connectivity index (χ2n) is 6.17. The zero-order valence-electron chi connectivity index (χ0n) is 12.0. The van der Waals surface area contributed by atoms with Crippen molar-refractivity contribution < 1.29 is 0 Å². The van der Waals surface area contributed by atoms with Crippen LogP contribution < -0.4 is 10.6 Å². The highest BCUT2D eigenvalue weighted by molar-refractivity contribution is 5.35. The van der Waals surface area contributed by atoms with Crippen molar-refractivity contribution in [3.05, 3.63) is 34.9 Å². The van der Waals surface area contributed by atoms with Gasteiger partial charge in [0.05, 0.1) is 0 Å². The van der Waals surface area contributed by atoms with E-state index in [-0.39, 0.29) is 0 Å². The van der Waals surface area contributed by atoms with Gasteiger partial charge in [0.2, 0.25) is 0 Å². The fourth-order valence-electron chi connectivity index (χ4n) is 3.47. The van der Waals surface area contributed by atoms with Crippen molar-refractivity contribution in [2.75, 3.05) is 13.1 Å². The third-order valence-electron chi connectivity index (χ3n) is 4.66. The molecule has 1 aromatic rings. The first-order valence-electron chi connectivity index (χ1n) is 7.91. The SMILES string of the molecule is CC(NC1CCCNC1)c1ccc2c(c1)CCCC2. The average Bonchev–Trinajstić information content (AvgIpc) is 2.48. The van der Waals surface area contributed by atoms with E-state index < -0.39 is 0 Å². The number of hydrogen-bond donors (Lipinski definition) is 2. The maximum atomic E-state index is 3.78. The van der Waals surface area contributed by atoms with Crippen LogP contribution in [0.2, 0.25) is 0 Å². The molecule has 1 saturated heterocycles. The highest BCUT2D eigenvalue weighted by Gasteiger charge is 2.17. The van der Waals surface area contributed by atoms with E-state index in [0.717, 1.165) is 6.54 Å². The Morgan fingerprint density at radius 3 is 2.79 bits per heavy atom. The van der Waals surface area contributed by atoms with Crippen molar-refractivity contribution in [1.82, 2.24) is 10.6 Å². The predicted octanol–water partition coefficient (Wildman–Crippen LogP) is 2.97. The highest BCUT2D eigenvalue weighted by atomic mass is 15.0. The van der Waals surface area contributed by atoms with Crippen molar-refractivity contribution in [3.63, 3.8) is 0 Å². The lowest BCUT2D eigenvalue weighted by Crippen LogP contribution is -2.43. The standard InChI is InChI=1S/C17H26N2/c1-13(19-17-7-4-10-18-12-17)15-9-8-14-5-2-3-6-16(14)11-15/h8-9,11,13,17-19H,2-7,10,12H2,1H3. The summed E-state index contributed by atoms with van der Waals surface area (Å²) >= 11 is 0. The fraction of sp³-hybridized carbons (Fsp3) is 0.647. The van der Waals surface area contributed by atoms with Crippen molar-refractivity contribution in [2.45, 2.75) is 57.5 Å². The smallest absolute Gasteiger partial charge is 0.0294 e. The maximum absolute atomic E-state index is 3.78. The van der Waals surface area contributed by atoms with Gasteiger partial charge in [0.1, 0.15) is 0 Å². The Morgan fingerprint density at radius 2 is 2.00 bits per heavy atom. The molecule has 0 bridgehead atoms. The molecule has 0 spiro atoms. The lowest BCUT2D eigenvalue weighted by Gasteiger charge is -2.28. The van der Waals surface area contributed by atoms with Crippen LogP contribution in [0.5, 0.6) is 0 Å². The van der Waals surface area contributed by atoms with Crippen LogP contribution in [0.3, 0.4) is 0 Å². The van der Waals surface area contributed by atoms with E-state index in [2.05, 4.69) is 35.8 Å². The zero-order valence-corrected chi connectivity index (χ0v) is 12.0. The molecule has 0 aromatic heterocycles. The molecule has 19 heavy (non-hydrogen) atoms. The van der Waals surface area contributed by atoms with E-state index in [1.54, 1.807) is 11.1 Å². The van der Waals surface area contributed by atoms with Crippen LogP contribution in [-0.2, 0) is 12.8 Å². The summed E-state index contributed by atoms with van der Waals surface area (Å²) in [5.74, 6) is 0. The largest absolute Gasteiger partial charge is 0.315 e. The van der Waals surface area contributed by atoms with Crippen molar-refractivity contribution in [3.8, 4) is 0 Å². The van der Waals surface area contributed by atoms with E-state index in [1.807, 2.05) is 0 Å². The van der Waals surface area contributed by atoms with Gasteiger partial charge in [0, 0.05) is 18.6 Å². The molecule has 2 N–H and O–H groups in total. The van der Waals surface area contributed by atoms with Crippen molar-refractivity contribution in [2.24, 2.45) is 0 Å². The molecule has 1 aliphatic carbocycles. The van der Waals surface area contributed by atoms with Crippen LogP contribution in [0.15, 0.2) is 18.2 Å². The Morgan fingerprint density at radius 1 is 1.16 bits per heavy atom. The van der Waals surface area contributed by atoms with Crippen molar-refractivity contribution in [1.29, 1.82) is 0 Å². The lowest BCUT2D eigenvalue weighted by molar-refractivity contribution is 0.362. The second kappa shape index (κ2) is 6.06. The number of nitrogens with one attached hydrogen (secondary N) is 2. The van der Waals surface area contributed by atoms with Gasteiger partial charge < -0.3 is 10.6 Å². The number of aryl methyl sites for hydroxylation is 2. The number of hydrogen-bond acceptors (Lipinski definition) is 2.